The van der Waals surface area contributed by atoms with Crippen LogP contribution in [0.1, 0.15) is 26.5 Å². The molecular formula is C19H22N2O3S. The Balaban J connectivity index is 1.67. The van der Waals surface area contributed by atoms with E-state index in [0.29, 0.717) is 6.42 Å². The SMILES string of the molecule is COc1ccc(NC(=O)C2CCc3sc(C(=O)N(C)C)cc3C2)cc1. The summed E-state index contributed by atoms with van der Waals surface area (Å²) >= 11 is 1.56. The summed E-state index contributed by atoms with van der Waals surface area (Å²) < 4.78 is 5.13. The van der Waals surface area contributed by atoms with Crippen LogP contribution in [0.25, 0.3) is 0 Å². The van der Waals surface area contributed by atoms with E-state index in [9.17, 15) is 9.59 Å². The second kappa shape index (κ2) is 7.27. The van der Waals surface area contributed by atoms with Gasteiger partial charge in [0.25, 0.3) is 5.91 Å². The number of amides is 2. The first kappa shape index (κ1) is 17.5. The first-order valence-electron chi connectivity index (χ1n) is 8.26. The van der Waals surface area contributed by atoms with Crippen molar-refractivity contribution in [3.8, 4) is 5.75 Å². The number of aryl methyl sites for hydroxylation is 1. The molecule has 6 heteroatoms. The molecule has 0 radical (unpaired) electrons. The van der Waals surface area contributed by atoms with Gasteiger partial charge in [0.2, 0.25) is 5.91 Å². The number of rotatable bonds is 4. The Kier molecular flexibility index (Phi) is 5.08. The maximum atomic E-state index is 12.6. The first-order valence-corrected chi connectivity index (χ1v) is 9.07. The average Bonchev–Trinajstić information content (AvgIpc) is 3.04. The molecule has 1 atom stereocenters. The maximum absolute atomic E-state index is 12.6. The minimum atomic E-state index is -0.0634. The summed E-state index contributed by atoms with van der Waals surface area (Å²) in [5.74, 6) is 0.754. The molecule has 2 amide bonds. The Labute approximate surface area is 151 Å². The van der Waals surface area contributed by atoms with Crippen molar-refractivity contribution in [3.63, 3.8) is 0 Å². The van der Waals surface area contributed by atoms with Gasteiger partial charge in [-0.3, -0.25) is 9.59 Å². The molecule has 1 aromatic carbocycles. The van der Waals surface area contributed by atoms with Crippen LogP contribution in [0, 0.1) is 5.92 Å². The molecule has 3 rings (SSSR count). The molecule has 1 aromatic heterocycles. The minimum absolute atomic E-state index is 0.0265. The largest absolute Gasteiger partial charge is 0.497 e. The zero-order chi connectivity index (χ0) is 18.0. The van der Waals surface area contributed by atoms with Gasteiger partial charge in [0.05, 0.1) is 12.0 Å². The number of methoxy groups -OCH3 is 1. The third-order valence-electron chi connectivity index (χ3n) is 4.43. The highest BCUT2D eigenvalue weighted by Crippen LogP contribution is 2.33. The van der Waals surface area contributed by atoms with E-state index in [1.54, 1.807) is 37.4 Å². The fraction of sp³-hybridized carbons (Fsp3) is 0.368. The molecule has 1 aliphatic carbocycles. The summed E-state index contributed by atoms with van der Waals surface area (Å²) in [5.41, 5.74) is 1.90. The van der Waals surface area contributed by atoms with Gasteiger partial charge < -0.3 is 15.0 Å². The molecule has 5 nitrogen and oxygen atoms in total. The number of benzene rings is 1. The Bertz CT molecular complexity index is 780. The van der Waals surface area contributed by atoms with Gasteiger partial charge in [-0.2, -0.15) is 0 Å². The van der Waals surface area contributed by atoms with Crippen LogP contribution in [-0.4, -0.2) is 37.9 Å². The number of nitrogens with zero attached hydrogens (tertiary/aromatic N) is 1. The lowest BCUT2D eigenvalue weighted by Gasteiger charge is -2.21. The van der Waals surface area contributed by atoms with Gasteiger partial charge in [-0.1, -0.05) is 0 Å². The van der Waals surface area contributed by atoms with Crippen molar-refractivity contribution < 1.29 is 14.3 Å². The van der Waals surface area contributed by atoms with Crippen LogP contribution < -0.4 is 10.1 Å². The molecule has 25 heavy (non-hydrogen) atoms. The van der Waals surface area contributed by atoms with Gasteiger partial charge in [-0.25, -0.2) is 0 Å². The Morgan fingerprint density at radius 3 is 2.60 bits per heavy atom. The van der Waals surface area contributed by atoms with Crippen molar-refractivity contribution in [3.05, 3.63) is 45.6 Å². The molecule has 1 N–H and O–H groups in total. The Morgan fingerprint density at radius 1 is 1.24 bits per heavy atom. The van der Waals surface area contributed by atoms with Crippen molar-refractivity contribution in [2.45, 2.75) is 19.3 Å². The molecule has 0 saturated heterocycles. The summed E-state index contributed by atoms with van der Waals surface area (Å²) in [6, 6.07) is 9.28. The summed E-state index contributed by atoms with van der Waals surface area (Å²) in [4.78, 5) is 28.3. The summed E-state index contributed by atoms with van der Waals surface area (Å²) in [7, 11) is 5.13. The van der Waals surface area contributed by atoms with E-state index in [1.807, 2.05) is 30.3 Å². The van der Waals surface area contributed by atoms with E-state index in [2.05, 4.69) is 5.32 Å². The van der Waals surface area contributed by atoms with Crippen LogP contribution in [0.3, 0.4) is 0 Å². The molecule has 0 aliphatic heterocycles. The predicted octanol–water partition coefficient (Wildman–Crippen LogP) is 3.20. The van der Waals surface area contributed by atoms with Crippen molar-refractivity contribution >= 4 is 28.8 Å². The molecule has 0 saturated carbocycles. The predicted molar refractivity (Wildman–Crippen MR) is 99.5 cm³/mol. The molecule has 1 unspecified atom stereocenters. The van der Waals surface area contributed by atoms with Crippen LogP contribution in [-0.2, 0) is 17.6 Å². The summed E-state index contributed by atoms with van der Waals surface area (Å²) in [6.45, 7) is 0. The number of hydrogen-bond donors (Lipinski definition) is 1. The number of nitrogens with one attached hydrogen (secondary N) is 1. The van der Waals surface area contributed by atoms with Crippen LogP contribution >= 0.6 is 11.3 Å². The number of ether oxygens (including phenoxy) is 1. The number of thiophene rings is 1. The Morgan fingerprint density at radius 2 is 1.96 bits per heavy atom. The number of fused-ring (bicyclic) bond motifs is 1. The van der Waals surface area contributed by atoms with Crippen LogP contribution in [0.4, 0.5) is 5.69 Å². The lowest BCUT2D eigenvalue weighted by Crippen LogP contribution is -2.27. The first-order chi connectivity index (χ1) is 12.0. The van der Waals surface area contributed by atoms with Gasteiger partial charge in [-0.15, -0.1) is 11.3 Å². The molecule has 0 bridgehead atoms. The molecular weight excluding hydrogens is 336 g/mol. The smallest absolute Gasteiger partial charge is 0.263 e. The summed E-state index contributed by atoms with van der Waals surface area (Å²) in [5, 5.41) is 2.98. The number of carbonyl (C=O) groups is 2. The van der Waals surface area contributed by atoms with Gasteiger partial charge >= 0.3 is 0 Å². The average molecular weight is 358 g/mol. The maximum Gasteiger partial charge on any atom is 0.263 e. The molecule has 0 fully saturated rings. The van der Waals surface area contributed by atoms with E-state index >= 15 is 0 Å². The lowest BCUT2D eigenvalue weighted by atomic mass is 9.87. The van der Waals surface area contributed by atoms with Crippen molar-refractivity contribution in [2.75, 3.05) is 26.5 Å². The standard InChI is InChI=1S/C19H22N2O3S/c1-21(2)19(23)17-11-13-10-12(4-9-16(13)25-17)18(22)20-14-5-7-15(24-3)8-6-14/h5-8,11-12H,4,9-10H2,1-3H3,(H,20,22). The van der Waals surface area contributed by atoms with Crippen molar-refractivity contribution in [1.29, 1.82) is 0 Å². The second-order valence-corrected chi connectivity index (χ2v) is 7.55. The molecule has 2 aromatic rings. The molecule has 1 heterocycles. The lowest BCUT2D eigenvalue weighted by molar-refractivity contribution is -0.120. The van der Waals surface area contributed by atoms with Gasteiger partial charge in [0.15, 0.2) is 0 Å². The van der Waals surface area contributed by atoms with Crippen LogP contribution in [0.5, 0.6) is 5.75 Å². The number of anilines is 1. The van der Waals surface area contributed by atoms with E-state index < -0.39 is 0 Å². The highest BCUT2D eigenvalue weighted by Gasteiger charge is 2.27. The third kappa shape index (κ3) is 3.85. The van der Waals surface area contributed by atoms with Crippen molar-refractivity contribution in [1.82, 2.24) is 4.90 Å². The summed E-state index contributed by atoms with van der Waals surface area (Å²) in [6.07, 6.45) is 2.35. The minimum Gasteiger partial charge on any atom is -0.497 e. The number of carbonyl (C=O) groups excluding carboxylic acids is 2. The van der Waals surface area contributed by atoms with E-state index in [0.717, 1.165) is 34.7 Å². The number of hydrogen-bond acceptors (Lipinski definition) is 4. The normalized spacial score (nSPS) is 16.0. The Hall–Kier alpha value is -2.34. The zero-order valence-electron chi connectivity index (χ0n) is 14.7. The molecule has 132 valence electrons. The van der Waals surface area contributed by atoms with Gasteiger partial charge in [0.1, 0.15) is 5.75 Å². The molecule has 1 aliphatic rings. The van der Waals surface area contributed by atoms with E-state index in [-0.39, 0.29) is 17.7 Å². The van der Waals surface area contributed by atoms with Crippen molar-refractivity contribution in [2.24, 2.45) is 5.92 Å². The van der Waals surface area contributed by atoms with E-state index in [1.165, 1.54) is 4.88 Å². The molecule has 0 spiro atoms. The highest BCUT2D eigenvalue weighted by molar-refractivity contribution is 7.14. The zero-order valence-corrected chi connectivity index (χ0v) is 15.5. The quantitative estimate of drug-likeness (QED) is 0.913. The highest BCUT2D eigenvalue weighted by atomic mass is 32.1. The second-order valence-electron chi connectivity index (χ2n) is 6.42. The van der Waals surface area contributed by atoms with Crippen LogP contribution in [0.2, 0.25) is 0 Å². The third-order valence-corrected chi connectivity index (χ3v) is 5.65. The van der Waals surface area contributed by atoms with E-state index in [4.69, 9.17) is 4.74 Å². The van der Waals surface area contributed by atoms with Gasteiger partial charge in [-0.05, 0) is 55.2 Å². The fourth-order valence-corrected chi connectivity index (χ4v) is 4.22. The van der Waals surface area contributed by atoms with Gasteiger partial charge in [0, 0.05) is 30.6 Å². The van der Waals surface area contributed by atoms with Crippen LogP contribution in [0.15, 0.2) is 30.3 Å². The monoisotopic (exact) mass is 358 g/mol. The fourth-order valence-electron chi connectivity index (χ4n) is 2.99. The topological polar surface area (TPSA) is 58.6 Å².